The van der Waals surface area contributed by atoms with Gasteiger partial charge in [0.25, 0.3) is 5.91 Å². The zero-order valence-electron chi connectivity index (χ0n) is 16.5. The van der Waals surface area contributed by atoms with Crippen molar-refractivity contribution in [1.29, 1.82) is 0 Å². The highest BCUT2D eigenvalue weighted by atomic mass is 16.5. The molecule has 1 unspecified atom stereocenters. The number of fused-ring (bicyclic) bond motifs is 1. The summed E-state index contributed by atoms with van der Waals surface area (Å²) in [6.45, 7) is 3.69. The molecule has 156 valence electrons. The number of rotatable bonds is 8. The molecular weight excluding hydrogens is 376 g/mol. The monoisotopic (exact) mass is 402 g/mol. The van der Waals surface area contributed by atoms with E-state index >= 15 is 0 Å². The molecule has 1 atom stereocenters. The number of anilines is 1. The number of hydrogen-bond acceptors (Lipinski definition) is 6. The first kappa shape index (κ1) is 20.6. The van der Waals surface area contributed by atoms with Crippen LogP contribution in [0.2, 0.25) is 0 Å². The molecule has 0 aliphatic carbocycles. The Balaban J connectivity index is 1.50. The SMILES string of the molecule is CCCCOC(=O)NCCNc1ccc2c(c1)CN(C1CCC(=O)NC1=O)C2=O. The van der Waals surface area contributed by atoms with Crippen molar-refractivity contribution in [3.05, 3.63) is 29.3 Å². The summed E-state index contributed by atoms with van der Waals surface area (Å²) < 4.78 is 5.02. The number of carbonyl (C=O) groups excluding carboxylic acids is 4. The van der Waals surface area contributed by atoms with Gasteiger partial charge in [-0.15, -0.1) is 0 Å². The molecule has 3 rings (SSSR count). The number of benzene rings is 1. The minimum absolute atomic E-state index is 0.197. The quantitative estimate of drug-likeness (QED) is 0.447. The smallest absolute Gasteiger partial charge is 0.407 e. The second-order valence-corrected chi connectivity index (χ2v) is 7.11. The minimum Gasteiger partial charge on any atom is -0.450 e. The lowest BCUT2D eigenvalue weighted by atomic mass is 10.0. The molecular formula is C20H26N4O5. The maximum absolute atomic E-state index is 12.7. The molecule has 2 aliphatic heterocycles. The van der Waals surface area contributed by atoms with Crippen molar-refractivity contribution in [2.45, 2.75) is 45.2 Å². The maximum atomic E-state index is 12.7. The second-order valence-electron chi connectivity index (χ2n) is 7.11. The van der Waals surface area contributed by atoms with E-state index in [1.54, 1.807) is 12.1 Å². The van der Waals surface area contributed by atoms with Gasteiger partial charge in [0, 0.05) is 37.3 Å². The summed E-state index contributed by atoms with van der Waals surface area (Å²) in [5.74, 6) is -0.917. The Hall–Kier alpha value is -3.10. The topological polar surface area (TPSA) is 117 Å². The minimum atomic E-state index is -0.619. The lowest BCUT2D eigenvalue weighted by Crippen LogP contribution is -2.52. The molecule has 0 bridgehead atoms. The van der Waals surface area contributed by atoms with E-state index in [9.17, 15) is 19.2 Å². The number of ether oxygens (including phenoxy) is 1. The van der Waals surface area contributed by atoms with Crippen molar-refractivity contribution in [3.63, 3.8) is 0 Å². The van der Waals surface area contributed by atoms with Crippen molar-refractivity contribution in [2.75, 3.05) is 25.0 Å². The lowest BCUT2D eigenvalue weighted by molar-refractivity contribution is -0.136. The third-order valence-corrected chi connectivity index (χ3v) is 4.98. The molecule has 9 heteroatoms. The number of unbranched alkanes of at least 4 members (excludes halogenated alkanes) is 1. The summed E-state index contributed by atoms with van der Waals surface area (Å²) in [5.41, 5.74) is 2.22. The number of alkyl carbamates (subject to hydrolysis) is 1. The van der Waals surface area contributed by atoms with Gasteiger partial charge in [0.1, 0.15) is 6.04 Å². The van der Waals surface area contributed by atoms with Crippen molar-refractivity contribution in [2.24, 2.45) is 0 Å². The van der Waals surface area contributed by atoms with E-state index in [2.05, 4.69) is 16.0 Å². The molecule has 29 heavy (non-hydrogen) atoms. The van der Waals surface area contributed by atoms with Crippen LogP contribution in [0.4, 0.5) is 10.5 Å². The van der Waals surface area contributed by atoms with Gasteiger partial charge in [0.2, 0.25) is 11.8 Å². The van der Waals surface area contributed by atoms with Gasteiger partial charge in [-0.05, 0) is 36.6 Å². The van der Waals surface area contributed by atoms with Crippen LogP contribution in [0.3, 0.4) is 0 Å². The Morgan fingerprint density at radius 3 is 2.86 bits per heavy atom. The van der Waals surface area contributed by atoms with Crippen LogP contribution in [-0.2, 0) is 20.9 Å². The normalized spacial score (nSPS) is 18.3. The lowest BCUT2D eigenvalue weighted by Gasteiger charge is -2.29. The largest absolute Gasteiger partial charge is 0.450 e. The Labute approximate surface area is 169 Å². The van der Waals surface area contributed by atoms with Gasteiger partial charge >= 0.3 is 6.09 Å². The van der Waals surface area contributed by atoms with E-state index in [-0.39, 0.29) is 18.2 Å². The van der Waals surface area contributed by atoms with E-state index in [1.165, 1.54) is 4.90 Å². The Kier molecular flexibility index (Phi) is 6.69. The molecule has 4 amide bonds. The van der Waals surface area contributed by atoms with Crippen molar-refractivity contribution in [3.8, 4) is 0 Å². The van der Waals surface area contributed by atoms with Crippen LogP contribution in [0.15, 0.2) is 18.2 Å². The zero-order chi connectivity index (χ0) is 20.8. The van der Waals surface area contributed by atoms with Crippen LogP contribution in [0.25, 0.3) is 0 Å². The summed E-state index contributed by atoms with van der Waals surface area (Å²) in [5, 5.41) is 8.16. The fourth-order valence-electron chi connectivity index (χ4n) is 3.42. The molecule has 2 aliphatic rings. The van der Waals surface area contributed by atoms with Gasteiger partial charge in [0.05, 0.1) is 6.61 Å². The Bertz CT molecular complexity index is 810. The number of carbonyl (C=O) groups is 4. The molecule has 3 N–H and O–H groups in total. The average Bonchev–Trinajstić information content (AvgIpc) is 3.01. The first-order valence-electron chi connectivity index (χ1n) is 9.91. The number of imide groups is 1. The number of nitrogens with zero attached hydrogens (tertiary/aromatic N) is 1. The predicted molar refractivity (Wildman–Crippen MR) is 105 cm³/mol. The molecule has 0 aromatic heterocycles. The van der Waals surface area contributed by atoms with E-state index < -0.39 is 18.0 Å². The van der Waals surface area contributed by atoms with E-state index in [0.29, 0.717) is 38.2 Å². The number of nitrogens with one attached hydrogen (secondary N) is 3. The molecule has 1 fully saturated rings. The Morgan fingerprint density at radius 1 is 1.28 bits per heavy atom. The summed E-state index contributed by atoms with van der Waals surface area (Å²) in [6.07, 6.45) is 1.96. The molecule has 0 saturated carbocycles. The fraction of sp³-hybridized carbons (Fsp3) is 0.500. The standard InChI is InChI=1S/C20H26N4O5/c1-2-3-10-29-20(28)22-9-8-21-14-4-5-15-13(11-14)12-24(19(15)27)16-6-7-17(25)23-18(16)26/h4-5,11,16,21H,2-3,6-10,12H2,1H3,(H,22,28)(H,23,25,26). The molecule has 1 saturated heterocycles. The van der Waals surface area contributed by atoms with Gasteiger partial charge < -0.3 is 20.3 Å². The van der Waals surface area contributed by atoms with Crippen LogP contribution in [-0.4, -0.2) is 54.5 Å². The fourth-order valence-corrected chi connectivity index (χ4v) is 3.42. The van der Waals surface area contributed by atoms with Gasteiger partial charge in [-0.1, -0.05) is 13.3 Å². The molecule has 0 spiro atoms. The Morgan fingerprint density at radius 2 is 2.10 bits per heavy atom. The van der Waals surface area contributed by atoms with Gasteiger partial charge in [-0.2, -0.15) is 0 Å². The van der Waals surface area contributed by atoms with Crippen molar-refractivity contribution >= 4 is 29.5 Å². The summed E-state index contributed by atoms with van der Waals surface area (Å²) in [7, 11) is 0. The van der Waals surface area contributed by atoms with E-state index in [4.69, 9.17) is 4.74 Å². The van der Waals surface area contributed by atoms with Crippen LogP contribution >= 0.6 is 0 Å². The second kappa shape index (κ2) is 9.40. The molecule has 0 radical (unpaired) electrons. The van der Waals surface area contributed by atoms with Crippen LogP contribution in [0.5, 0.6) is 0 Å². The number of amides is 4. The third kappa shape index (κ3) is 5.04. The van der Waals surface area contributed by atoms with Gasteiger partial charge in [-0.25, -0.2) is 4.79 Å². The summed E-state index contributed by atoms with van der Waals surface area (Å²) in [4.78, 5) is 49.1. The maximum Gasteiger partial charge on any atom is 0.407 e. The zero-order valence-corrected chi connectivity index (χ0v) is 16.5. The highest BCUT2D eigenvalue weighted by Crippen LogP contribution is 2.29. The van der Waals surface area contributed by atoms with Crippen molar-refractivity contribution in [1.82, 2.24) is 15.5 Å². The average molecular weight is 402 g/mol. The molecule has 1 aromatic carbocycles. The first-order chi connectivity index (χ1) is 14.0. The van der Waals surface area contributed by atoms with Gasteiger partial charge in [0.15, 0.2) is 0 Å². The molecule has 2 heterocycles. The van der Waals surface area contributed by atoms with Crippen LogP contribution < -0.4 is 16.0 Å². The summed E-state index contributed by atoms with van der Waals surface area (Å²) >= 11 is 0. The third-order valence-electron chi connectivity index (χ3n) is 4.98. The first-order valence-corrected chi connectivity index (χ1v) is 9.91. The van der Waals surface area contributed by atoms with Crippen LogP contribution in [0, 0.1) is 0 Å². The molecule has 9 nitrogen and oxygen atoms in total. The highest BCUT2D eigenvalue weighted by Gasteiger charge is 2.39. The van der Waals surface area contributed by atoms with Crippen molar-refractivity contribution < 1.29 is 23.9 Å². The number of hydrogen-bond donors (Lipinski definition) is 3. The van der Waals surface area contributed by atoms with E-state index in [1.807, 2.05) is 13.0 Å². The highest BCUT2D eigenvalue weighted by molar-refractivity contribution is 6.05. The summed E-state index contributed by atoms with van der Waals surface area (Å²) in [6, 6.07) is 4.79. The predicted octanol–water partition coefficient (Wildman–Crippen LogP) is 1.39. The number of piperidine rings is 1. The van der Waals surface area contributed by atoms with E-state index in [0.717, 1.165) is 24.1 Å². The van der Waals surface area contributed by atoms with Gasteiger partial charge in [-0.3, -0.25) is 19.7 Å². The molecule has 1 aromatic rings. The van der Waals surface area contributed by atoms with Crippen LogP contribution in [0.1, 0.15) is 48.5 Å².